The van der Waals surface area contributed by atoms with E-state index in [0.717, 1.165) is 18.7 Å². The first-order chi connectivity index (χ1) is 10.7. The molecule has 2 rings (SSSR count). The molecule has 1 amide bonds. The van der Waals surface area contributed by atoms with Crippen molar-refractivity contribution in [2.75, 3.05) is 24.3 Å². The van der Waals surface area contributed by atoms with Crippen LogP contribution in [0.3, 0.4) is 0 Å². The summed E-state index contributed by atoms with van der Waals surface area (Å²) in [6, 6.07) is 11.5. The van der Waals surface area contributed by atoms with E-state index in [2.05, 4.69) is 26.9 Å². The Morgan fingerprint density at radius 1 is 1.18 bits per heavy atom. The van der Waals surface area contributed by atoms with Crippen LogP contribution in [0.25, 0.3) is 0 Å². The van der Waals surface area contributed by atoms with Gasteiger partial charge in [0.2, 0.25) is 5.91 Å². The molecular weight excluding hydrogens is 280 g/mol. The number of hydrogen-bond acceptors (Lipinski definition) is 5. The fourth-order valence-electron chi connectivity index (χ4n) is 1.89. The summed E-state index contributed by atoms with van der Waals surface area (Å²) in [6.45, 7) is 2.53. The molecule has 0 atom stereocenters. The number of carbonyl (C=O) groups is 1. The lowest BCUT2D eigenvalue weighted by molar-refractivity contribution is -0.115. The second-order valence-electron chi connectivity index (χ2n) is 4.73. The van der Waals surface area contributed by atoms with Gasteiger partial charge in [0.15, 0.2) is 5.82 Å². The van der Waals surface area contributed by atoms with Crippen LogP contribution in [0, 0.1) is 0 Å². The number of carbonyl (C=O) groups excluding carboxylic acids is 1. The van der Waals surface area contributed by atoms with Crippen molar-refractivity contribution in [2.45, 2.75) is 19.8 Å². The molecule has 1 heterocycles. The number of aromatic nitrogens is 2. The van der Waals surface area contributed by atoms with Crippen molar-refractivity contribution in [1.82, 2.24) is 10.2 Å². The smallest absolute Gasteiger partial charge is 0.225 e. The number of hydrogen-bond donors (Lipinski definition) is 2. The molecule has 6 heteroatoms. The predicted octanol–water partition coefficient (Wildman–Crippen LogP) is 2.49. The summed E-state index contributed by atoms with van der Waals surface area (Å²) >= 11 is 0. The summed E-state index contributed by atoms with van der Waals surface area (Å²) in [7, 11) is 1.66. The van der Waals surface area contributed by atoms with Crippen LogP contribution in [0.4, 0.5) is 11.6 Å². The average Bonchev–Trinajstić information content (AvgIpc) is 2.56. The van der Waals surface area contributed by atoms with Gasteiger partial charge in [-0.1, -0.05) is 19.1 Å². The first-order valence-corrected chi connectivity index (χ1v) is 7.21. The molecule has 116 valence electrons. The van der Waals surface area contributed by atoms with Gasteiger partial charge in [-0.05, 0) is 36.2 Å². The van der Waals surface area contributed by atoms with Gasteiger partial charge in [-0.15, -0.1) is 10.2 Å². The Balaban J connectivity index is 1.82. The maximum absolute atomic E-state index is 11.2. The summed E-state index contributed by atoms with van der Waals surface area (Å²) in [4.78, 5) is 11.2. The van der Waals surface area contributed by atoms with E-state index in [9.17, 15) is 4.79 Å². The van der Waals surface area contributed by atoms with Gasteiger partial charge in [-0.25, -0.2) is 0 Å². The summed E-state index contributed by atoms with van der Waals surface area (Å²) in [6.07, 6.45) is 1.27. The molecule has 6 nitrogen and oxygen atoms in total. The number of nitrogens with zero attached hydrogens (tertiary/aromatic N) is 2. The molecule has 22 heavy (non-hydrogen) atoms. The lowest BCUT2D eigenvalue weighted by Gasteiger charge is -2.07. The van der Waals surface area contributed by atoms with Crippen LogP contribution in [-0.4, -0.2) is 29.8 Å². The third kappa shape index (κ3) is 4.73. The third-order valence-electron chi connectivity index (χ3n) is 3.11. The fraction of sp³-hybridized carbons (Fsp3) is 0.312. The Bertz CT molecular complexity index is 614. The molecule has 0 saturated carbocycles. The molecule has 1 aromatic heterocycles. The van der Waals surface area contributed by atoms with E-state index in [4.69, 9.17) is 4.74 Å². The van der Waals surface area contributed by atoms with Crippen LogP contribution in [0.2, 0.25) is 0 Å². The van der Waals surface area contributed by atoms with Crippen molar-refractivity contribution in [3.63, 3.8) is 0 Å². The molecule has 1 aromatic carbocycles. The van der Waals surface area contributed by atoms with E-state index in [0.29, 0.717) is 18.1 Å². The molecule has 0 saturated heterocycles. The Labute approximate surface area is 129 Å². The Morgan fingerprint density at radius 3 is 2.64 bits per heavy atom. The first-order valence-electron chi connectivity index (χ1n) is 7.21. The molecule has 0 spiro atoms. The van der Waals surface area contributed by atoms with Crippen molar-refractivity contribution in [3.05, 3.63) is 42.0 Å². The highest BCUT2D eigenvalue weighted by molar-refractivity contribution is 5.89. The number of nitrogens with one attached hydrogen (secondary N) is 2. The van der Waals surface area contributed by atoms with Gasteiger partial charge in [0.05, 0.1) is 7.11 Å². The van der Waals surface area contributed by atoms with Gasteiger partial charge in [0.1, 0.15) is 11.6 Å². The van der Waals surface area contributed by atoms with E-state index in [-0.39, 0.29) is 5.91 Å². The molecule has 0 radical (unpaired) electrons. The maximum atomic E-state index is 11.2. The van der Waals surface area contributed by atoms with Gasteiger partial charge in [0.25, 0.3) is 0 Å². The van der Waals surface area contributed by atoms with E-state index in [1.54, 1.807) is 26.2 Å². The minimum absolute atomic E-state index is 0.0759. The number of ether oxygens (including phenoxy) is 1. The van der Waals surface area contributed by atoms with Gasteiger partial charge < -0.3 is 15.4 Å². The first kappa shape index (κ1) is 15.8. The molecular formula is C16H20N4O2. The molecule has 2 N–H and O–H groups in total. The van der Waals surface area contributed by atoms with Crippen molar-refractivity contribution in [1.29, 1.82) is 0 Å². The average molecular weight is 300 g/mol. The number of benzene rings is 1. The molecule has 2 aromatic rings. The van der Waals surface area contributed by atoms with Crippen LogP contribution in [0.15, 0.2) is 36.4 Å². The molecule has 0 aliphatic rings. The van der Waals surface area contributed by atoms with Crippen LogP contribution in [-0.2, 0) is 11.2 Å². The molecule has 0 unspecified atom stereocenters. The molecule has 0 aliphatic heterocycles. The zero-order valence-electron chi connectivity index (χ0n) is 12.8. The van der Waals surface area contributed by atoms with Gasteiger partial charge in [-0.2, -0.15) is 0 Å². The standard InChI is InChI=1S/C16H20N4O2/c1-3-16(21)18-15-8-7-14(19-20-15)17-10-9-12-5-4-6-13(11-12)22-2/h4-8,11H,3,9-10H2,1-2H3,(H,17,19)(H,18,20,21). The summed E-state index contributed by atoms with van der Waals surface area (Å²) in [5.41, 5.74) is 1.19. The SMILES string of the molecule is CCC(=O)Nc1ccc(NCCc2cccc(OC)c2)nn1. The third-order valence-corrected chi connectivity index (χ3v) is 3.11. The van der Waals surface area contributed by atoms with E-state index < -0.39 is 0 Å². The van der Waals surface area contributed by atoms with Gasteiger partial charge in [-0.3, -0.25) is 4.79 Å². The Kier molecular flexibility index (Phi) is 5.71. The zero-order valence-corrected chi connectivity index (χ0v) is 12.8. The number of rotatable bonds is 7. The largest absolute Gasteiger partial charge is 0.497 e. The highest BCUT2D eigenvalue weighted by atomic mass is 16.5. The van der Waals surface area contributed by atoms with Crippen molar-refractivity contribution < 1.29 is 9.53 Å². The Hall–Kier alpha value is -2.63. The van der Waals surface area contributed by atoms with Gasteiger partial charge >= 0.3 is 0 Å². The van der Waals surface area contributed by atoms with Gasteiger partial charge in [0, 0.05) is 13.0 Å². The fourth-order valence-corrected chi connectivity index (χ4v) is 1.89. The zero-order chi connectivity index (χ0) is 15.8. The Morgan fingerprint density at radius 2 is 1.95 bits per heavy atom. The summed E-state index contributed by atoms with van der Waals surface area (Å²) < 4.78 is 5.20. The van der Waals surface area contributed by atoms with Crippen LogP contribution >= 0.6 is 0 Å². The van der Waals surface area contributed by atoms with E-state index in [1.165, 1.54) is 5.56 Å². The predicted molar refractivity (Wildman–Crippen MR) is 86.1 cm³/mol. The van der Waals surface area contributed by atoms with Crippen molar-refractivity contribution in [2.24, 2.45) is 0 Å². The quantitative estimate of drug-likeness (QED) is 0.821. The molecule has 0 bridgehead atoms. The van der Waals surface area contributed by atoms with Crippen LogP contribution in [0.5, 0.6) is 5.75 Å². The lowest BCUT2D eigenvalue weighted by atomic mass is 10.1. The molecule has 0 aliphatic carbocycles. The monoisotopic (exact) mass is 300 g/mol. The molecule has 0 fully saturated rings. The lowest BCUT2D eigenvalue weighted by Crippen LogP contribution is -2.12. The van der Waals surface area contributed by atoms with E-state index >= 15 is 0 Å². The minimum Gasteiger partial charge on any atom is -0.497 e. The second-order valence-corrected chi connectivity index (χ2v) is 4.73. The van der Waals surface area contributed by atoms with Crippen molar-refractivity contribution >= 4 is 17.5 Å². The van der Waals surface area contributed by atoms with Crippen molar-refractivity contribution in [3.8, 4) is 5.75 Å². The summed E-state index contributed by atoms with van der Waals surface area (Å²) in [5, 5.41) is 13.8. The normalized spacial score (nSPS) is 10.1. The number of amides is 1. The number of anilines is 2. The van der Waals surface area contributed by atoms with Crippen LogP contribution in [0.1, 0.15) is 18.9 Å². The minimum atomic E-state index is -0.0759. The highest BCUT2D eigenvalue weighted by Gasteiger charge is 2.02. The number of methoxy groups -OCH3 is 1. The van der Waals surface area contributed by atoms with Crippen LogP contribution < -0.4 is 15.4 Å². The summed E-state index contributed by atoms with van der Waals surface area (Å²) in [5.74, 6) is 1.92. The maximum Gasteiger partial charge on any atom is 0.225 e. The second kappa shape index (κ2) is 7.97. The van der Waals surface area contributed by atoms with E-state index in [1.807, 2.05) is 18.2 Å². The topological polar surface area (TPSA) is 76.1 Å². The highest BCUT2D eigenvalue weighted by Crippen LogP contribution is 2.13.